The van der Waals surface area contributed by atoms with Gasteiger partial charge in [0.1, 0.15) is 0 Å². The third kappa shape index (κ3) is 3.17. The van der Waals surface area contributed by atoms with Gasteiger partial charge in [-0.25, -0.2) is 0 Å². The highest BCUT2D eigenvalue weighted by molar-refractivity contribution is 7.10. The molecule has 1 N–H and O–H groups in total. The van der Waals surface area contributed by atoms with Gasteiger partial charge in [-0.15, -0.1) is 11.3 Å². The Labute approximate surface area is 135 Å². The molecule has 3 rings (SSSR count). The van der Waals surface area contributed by atoms with E-state index in [2.05, 4.69) is 16.8 Å². The molecule has 0 spiro atoms. The first-order valence-electron chi connectivity index (χ1n) is 7.96. The third-order valence-corrected chi connectivity index (χ3v) is 5.56. The number of rotatable bonds is 3. The maximum atomic E-state index is 12.7. The van der Waals surface area contributed by atoms with Crippen molar-refractivity contribution in [3.63, 3.8) is 0 Å². The molecule has 2 aliphatic rings. The Bertz CT molecular complexity index is 551. The monoisotopic (exact) mass is 321 g/mol. The minimum Gasteiger partial charge on any atom is -0.339 e. The molecule has 120 valence electrons. The van der Waals surface area contributed by atoms with Gasteiger partial charge in [0.2, 0.25) is 11.8 Å². The van der Waals surface area contributed by atoms with E-state index in [-0.39, 0.29) is 24.3 Å². The minimum absolute atomic E-state index is 0.0544. The average Bonchev–Trinajstić information content (AvgIpc) is 3.03. The second kappa shape index (κ2) is 6.79. The van der Waals surface area contributed by atoms with Crippen LogP contribution in [0.15, 0.2) is 11.4 Å². The van der Waals surface area contributed by atoms with Gasteiger partial charge < -0.3 is 15.1 Å². The molecule has 0 aromatic carbocycles. The van der Waals surface area contributed by atoms with Crippen LogP contribution in [0.2, 0.25) is 0 Å². The Morgan fingerprint density at radius 3 is 2.95 bits per heavy atom. The number of piperazine rings is 1. The van der Waals surface area contributed by atoms with Crippen LogP contribution >= 0.6 is 11.3 Å². The molecular formula is C16H23N3O2S. The van der Waals surface area contributed by atoms with E-state index >= 15 is 0 Å². The number of amides is 2. The van der Waals surface area contributed by atoms with E-state index in [0.29, 0.717) is 0 Å². The van der Waals surface area contributed by atoms with Crippen LogP contribution in [0.3, 0.4) is 0 Å². The van der Waals surface area contributed by atoms with Gasteiger partial charge in [0.05, 0.1) is 12.5 Å². The summed E-state index contributed by atoms with van der Waals surface area (Å²) < 4.78 is 0. The van der Waals surface area contributed by atoms with E-state index in [1.165, 1.54) is 10.4 Å². The Morgan fingerprint density at radius 1 is 1.41 bits per heavy atom. The van der Waals surface area contributed by atoms with Crippen molar-refractivity contribution in [1.29, 1.82) is 0 Å². The number of carbonyl (C=O) groups excluding carboxylic acids is 2. The molecule has 1 atom stereocenters. The van der Waals surface area contributed by atoms with Gasteiger partial charge in [0, 0.05) is 38.1 Å². The molecule has 5 nitrogen and oxygen atoms in total. The molecule has 0 saturated carbocycles. The Morgan fingerprint density at radius 2 is 2.18 bits per heavy atom. The van der Waals surface area contributed by atoms with Crippen LogP contribution in [-0.2, 0) is 16.0 Å². The van der Waals surface area contributed by atoms with Gasteiger partial charge in [-0.1, -0.05) is 0 Å². The van der Waals surface area contributed by atoms with Gasteiger partial charge in [-0.05, 0) is 36.3 Å². The fraction of sp³-hybridized carbons (Fsp3) is 0.625. The van der Waals surface area contributed by atoms with Crippen LogP contribution in [-0.4, -0.2) is 61.4 Å². The lowest BCUT2D eigenvalue weighted by molar-refractivity contribution is -0.140. The summed E-state index contributed by atoms with van der Waals surface area (Å²) in [5.74, 6) is 0.0809. The molecule has 1 saturated heterocycles. The lowest BCUT2D eigenvalue weighted by Gasteiger charge is -2.31. The molecule has 1 fully saturated rings. The number of hydrogen-bond acceptors (Lipinski definition) is 4. The van der Waals surface area contributed by atoms with Crippen molar-refractivity contribution >= 4 is 23.2 Å². The van der Waals surface area contributed by atoms with Crippen LogP contribution in [0.5, 0.6) is 0 Å². The molecule has 6 heteroatoms. The fourth-order valence-corrected chi connectivity index (χ4v) is 4.29. The van der Waals surface area contributed by atoms with Crippen molar-refractivity contribution < 1.29 is 9.59 Å². The Hall–Kier alpha value is -1.40. The summed E-state index contributed by atoms with van der Waals surface area (Å²) in [5, 5.41) is 5.30. The smallest absolute Gasteiger partial charge is 0.242 e. The first-order chi connectivity index (χ1) is 10.7. The lowest BCUT2D eigenvalue weighted by Crippen LogP contribution is -2.50. The van der Waals surface area contributed by atoms with Crippen LogP contribution < -0.4 is 5.32 Å². The zero-order chi connectivity index (χ0) is 15.5. The van der Waals surface area contributed by atoms with Crippen LogP contribution in [0, 0.1) is 0 Å². The van der Waals surface area contributed by atoms with E-state index in [1.807, 2.05) is 4.90 Å². The highest BCUT2D eigenvalue weighted by atomic mass is 32.1. The largest absolute Gasteiger partial charge is 0.339 e. The maximum Gasteiger partial charge on any atom is 0.242 e. The number of aryl methyl sites for hydroxylation is 1. The van der Waals surface area contributed by atoms with Crippen LogP contribution in [0.25, 0.3) is 0 Å². The number of thiophene rings is 1. The number of fused-ring (bicyclic) bond motifs is 1. The van der Waals surface area contributed by atoms with Crippen LogP contribution in [0.4, 0.5) is 0 Å². The SMILES string of the molecule is CN(CC(=O)N1CCNCC1)C(=O)C1CCCc2sccc21. The zero-order valence-corrected chi connectivity index (χ0v) is 13.8. The van der Waals surface area contributed by atoms with Crippen molar-refractivity contribution in [3.05, 3.63) is 21.9 Å². The highest BCUT2D eigenvalue weighted by Crippen LogP contribution is 2.35. The van der Waals surface area contributed by atoms with Gasteiger partial charge in [-0.3, -0.25) is 9.59 Å². The Kier molecular flexibility index (Phi) is 4.78. The van der Waals surface area contributed by atoms with Gasteiger partial charge in [0.25, 0.3) is 0 Å². The molecule has 0 bridgehead atoms. The predicted molar refractivity (Wildman–Crippen MR) is 87.1 cm³/mol. The summed E-state index contributed by atoms with van der Waals surface area (Å²) in [6.45, 7) is 3.33. The molecule has 0 radical (unpaired) electrons. The molecule has 2 amide bonds. The topological polar surface area (TPSA) is 52.7 Å². The molecular weight excluding hydrogens is 298 g/mol. The van der Waals surface area contributed by atoms with Crippen molar-refractivity contribution in [2.45, 2.75) is 25.2 Å². The molecule has 1 unspecified atom stereocenters. The molecule has 2 heterocycles. The number of carbonyl (C=O) groups is 2. The summed E-state index contributed by atoms with van der Waals surface area (Å²) >= 11 is 1.74. The van der Waals surface area contributed by atoms with Gasteiger partial charge >= 0.3 is 0 Å². The Balaban J connectivity index is 1.62. The summed E-state index contributed by atoms with van der Waals surface area (Å²) in [6.07, 6.45) is 3.04. The molecule has 1 aromatic heterocycles. The summed E-state index contributed by atoms with van der Waals surface area (Å²) in [7, 11) is 1.75. The fourth-order valence-electron chi connectivity index (χ4n) is 3.30. The summed E-state index contributed by atoms with van der Waals surface area (Å²) in [4.78, 5) is 29.8. The zero-order valence-electron chi connectivity index (χ0n) is 13.0. The predicted octanol–water partition coefficient (Wildman–Crippen LogP) is 1.06. The molecule has 1 aliphatic heterocycles. The van der Waals surface area contributed by atoms with Gasteiger partial charge in [-0.2, -0.15) is 0 Å². The van der Waals surface area contributed by atoms with E-state index in [1.54, 1.807) is 23.3 Å². The quantitative estimate of drug-likeness (QED) is 0.906. The molecule has 1 aromatic rings. The minimum atomic E-state index is -0.0594. The normalized spacial score (nSPS) is 21.3. The van der Waals surface area contributed by atoms with Crippen LogP contribution in [0.1, 0.15) is 29.2 Å². The van der Waals surface area contributed by atoms with Gasteiger partial charge in [0.15, 0.2) is 0 Å². The number of likely N-dealkylation sites (N-methyl/N-ethyl adjacent to an activating group) is 1. The van der Waals surface area contributed by atoms with Crippen molar-refractivity contribution in [3.8, 4) is 0 Å². The number of nitrogens with one attached hydrogen (secondary N) is 1. The first-order valence-corrected chi connectivity index (χ1v) is 8.84. The summed E-state index contributed by atoms with van der Waals surface area (Å²) in [5.41, 5.74) is 1.18. The van der Waals surface area contributed by atoms with Crippen molar-refractivity contribution in [1.82, 2.24) is 15.1 Å². The van der Waals surface area contributed by atoms with E-state index in [4.69, 9.17) is 0 Å². The number of nitrogens with zero attached hydrogens (tertiary/aromatic N) is 2. The summed E-state index contributed by atoms with van der Waals surface area (Å²) in [6, 6.07) is 2.08. The third-order valence-electron chi connectivity index (χ3n) is 4.57. The average molecular weight is 321 g/mol. The second-order valence-corrected chi connectivity index (χ2v) is 7.07. The van der Waals surface area contributed by atoms with E-state index in [0.717, 1.165) is 45.4 Å². The molecule has 1 aliphatic carbocycles. The maximum absolute atomic E-state index is 12.7. The first kappa shape index (κ1) is 15.5. The van der Waals surface area contributed by atoms with E-state index in [9.17, 15) is 9.59 Å². The van der Waals surface area contributed by atoms with E-state index < -0.39 is 0 Å². The standard InChI is InChI=1S/C16H23N3O2S/c1-18(11-15(20)19-8-6-17-7-9-19)16(21)13-3-2-4-14-12(13)5-10-22-14/h5,10,13,17H,2-4,6-9,11H2,1H3. The van der Waals surface area contributed by atoms with Crippen molar-refractivity contribution in [2.24, 2.45) is 0 Å². The molecule has 22 heavy (non-hydrogen) atoms. The van der Waals surface area contributed by atoms with Crippen molar-refractivity contribution in [2.75, 3.05) is 39.8 Å². The second-order valence-electron chi connectivity index (χ2n) is 6.07. The number of hydrogen-bond donors (Lipinski definition) is 1. The highest BCUT2D eigenvalue weighted by Gasteiger charge is 2.30. The lowest BCUT2D eigenvalue weighted by atomic mass is 9.87.